The second-order valence-electron chi connectivity index (χ2n) is 5.67. The molecule has 0 bridgehead atoms. The van der Waals surface area contributed by atoms with Gasteiger partial charge in [0.15, 0.2) is 0 Å². The number of rotatable bonds is 3. The fourth-order valence-corrected chi connectivity index (χ4v) is 4.02. The molecule has 1 heterocycles. The van der Waals surface area contributed by atoms with Crippen LogP contribution >= 0.6 is 0 Å². The molecule has 1 saturated heterocycles. The molecule has 0 aliphatic carbocycles. The van der Waals surface area contributed by atoms with Crippen molar-refractivity contribution in [2.75, 3.05) is 6.54 Å². The summed E-state index contributed by atoms with van der Waals surface area (Å²) in [6.45, 7) is 11.4. The van der Waals surface area contributed by atoms with E-state index in [1.165, 1.54) is 5.67 Å². The molecule has 1 aliphatic heterocycles. The molecular weight excluding hydrogens is 206 g/mol. The molecule has 4 heteroatoms. The monoisotopic (exact) mass is 226 g/mol. The maximum Gasteiger partial charge on any atom is 0.225 e. The first-order valence-electron chi connectivity index (χ1n) is 5.32. The summed E-state index contributed by atoms with van der Waals surface area (Å²) < 4.78 is 0. The second kappa shape index (κ2) is 3.74. The smallest absolute Gasteiger partial charge is 0.225 e. The van der Waals surface area contributed by atoms with Crippen LogP contribution in [0.3, 0.4) is 0 Å². The average molecular weight is 226 g/mol. The lowest BCUT2D eigenvalue weighted by Gasteiger charge is -2.52. The van der Waals surface area contributed by atoms with Crippen molar-refractivity contribution in [2.45, 2.75) is 45.3 Å². The van der Waals surface area contributed by atoms with Gasteiger partial charge in [-0.1, -0.05) is 33.9 Å². The van der Waals surface area contributed by atoms with E-state index in [0.717, 1.165) is 6.29 Å². The maximum absolute atomic E-state index is 11.4. The van der Waals surface area contributed by atoms with Crippen molar-refractivity contribution in [2.24, 2.45) is 0 Å². The lowest BCUT2D eigenvalue weighted by atomic mass is 10.2. The Bertz CT molecular complexity index is 281. The average Bonchev–Trinajstić information content (AvgIpc) is 2.08. The topological polar surface area (TPSA) is 37.4 Å². The third-order valence-electron chi connectivity index (χ3n) is 3.80. The molecule has 1 aliphatic rings. The quantitative estimate of drug-likeness (QED) is 0.419. The summed E-state index contributed by atoms with van der Waals surface area (Å²) in [5.41, 5.74) is 1.23. The Labute approximate surface area is 92.8 Å². The fourth-order valence-electron chi connectivity index (χ4n) is 1.67. The summed E-state index contributed by atoms with van der Waals surface area (Å²) in [6.07, 6.45) is 1.37. The molecule has 3 nitrogen and oxygen atoms in total. The molecule has 0 spiro atoms. The molecule has 15 heavy (non-hydrogen) atoms. The van der Waals surface area contributed by atoms with Gasteiger partial charge in [-0.3, -0.25) is 4.79 Å². The van der Waals surface area contributed by atoms with Crippen molar-refractivity contribution in [1.29, 1.82) is 0 Å². The molecule has 0 atom stereocenters. The zero-order valence-electron chi connectivity index (χ0n) is 10.3. The molecule has 1 radical (unpaired) electrons. The van der Waals surface area contributed by atoms with E-state index >= 15 is 0 Å². The fraction of sp³-hybridized carbons (Fsp3) is 0.727. The van der Waals surface area contributed by atoms with Gasteiger partial charge in [0.25, 0.3) is 0 Å². The normalized spacial score (nSPS) is 19.0. The molecule has 0 aromatic rings. The second-order valence-corrected chi connectivity index (χ2v) is 11.0. The van der Waals surface area contributed by atoms with Crippen molar-refractivity contribution in [3.8, 4) is 0 Å². The standard InChI is InChI=1S/C11H20NO2Si/c1-11(2,3)15(4,5)10-8-9(14)12(10)6-7-13/h7H,6,8H2,1-5H3. The number of likely N-dealkylation sites (tertiary alicyclic amines) is 1. The lowest BCUT2D eigenvalue weighted by Crippen LogP contribution is -2.61. The van der Waals surface area contributed by atoms with Gasteiger partial charge in [0.2, 0.25) is 5.91 Å². The van der Waals surface area contributed by atoms with Crippen LogP contribution in [0.15, 0.2) is 0 Å². The predicted molar refractivity (Wildman–Crippen MR) is 62.8 cm³/mol. The van der Waals surface area contributed by atoms with Crippen LogP contribution < -0.4 is 0 Å². The van der Waals surface area contributed by atoms with Gasteiger partial charge >= 0.3 is 0 Å². The van der Waals surface area contributed by atoms with Crippen LogP contribution in [0.4, 0.5) is 0 Å². The van der Waals surface area contributed by atoms with Crippen LogP contribution in [0.1, 0.15) is 27.2 Å². The number of β-lactam (4-membered cyclic amide) rings is 1. The van der Waals surface area contributed by atoms with Gasteiger partial charge in [-0.05, 0) is 5.04 Å². The summed E-state index contributed by atoms with van der Waals surface area (Å²) in [7, 11) is -1.60. The van der Waals surface area contributed by atoms with Crippen LogP contribution in [0.25, 0.3) is 0 Å². The summed E-state index contributed by atoms with van der Waals surface area (Å²) in [5, 5.41) is 0.226. The largest absolute Gasteiger partial charge is 0.330 e. The molecule has 1 fully saturated rings. The van der Waals surface area contributed by atoms with Gasteiger partial charge in [0.05, 0.1) is 20.3 Å². The van der Waals surface area contributed by atoms with Crippen LogP contribution in [0, 0.1) is 5.67 Å². The first-order chi connectivity index (χ1) is 6.71. The van der Waals surface area contributed by atoms with E-state index in [0.29, 0.717) is 6.42 Å². The van der Waals surface area contributed by atoms with Crippen molar-refractivity contribution >= 4 is 20.3 Å². The Kier molecular flexibility index (Phi) is 3.10. The van der Waals surface area contributed by atoms with Gasteiger partial charge < -0.3 is 9.69 Å². The van der Waals surface area contributed by atoms with E-state index in [4.69, 9.17) is 0 Å². The molecule has 85 valence electrons. The van der Waals surface area contributed by atoms with E-state index in [-0.39, 0.29) is 17.5 Å². The Morgan fingerprint density at radius 3 is 2.27 bits per heavy atom. The van der Waals surface area contributed by atoms with Gasteiger partial charge in [0, 0.05) is 6.42 Å². The van der Waals surface area contributed by atoms with E-state index in [2.05, 4.69) is 33.9 Å². The third kappa shape index (κ3) is 2.00. The van der Waals surface area contributed by atoms with E-state index in [1.807, 2.05) is 0 Å². The highest BCUT2D eigenvalue weighted by Gasteiger charge is 2.52. The summed E-state index contributed by atoms with van der Waals surface area (Å²) >= 11 is 0. The van der Waals surface area contributed by atoms with Crippen LogP contribution in [0.5, 0.6) is 0 Å². The predicted octanol–water partition coefficient (Wildman–Crippen LogP) is 2.00. The summed E-state index contributed by atoms with van der Waals surface area (Å²) in [6, 6.07) is 0. The van der Waals surface area contributed by atoms with Crippen LogP contribution in [-0.2, 0) is 9.59 Å². The zero-order valence-corrected chi connectivity index (χ0v) is 11.3. The van der Waals surface area contributed by atoms with Gasteiger partial charge in [-0.15, -0.1) is 0 Å². The van der Waals surface area contributed by atoms with Crippen LogP contribution in [-0.4, -0.2) is 31.7 Å². The van der Waals surface area contributed by atoms with Crippen molar-refractivity contribution in [3.63, 3.8) is 0 Å². The number of aldehydes is 1. The zero-order chi connectivity index (χ0) is 11.9. The minimum absolute atomic E-state index is 0.0990. The Morgan fingerprint density at radius 2 is 1.93 bits per heavy atom. The Balaban J connectivity index is 2.81. The summed E-state index contributed by atoms with van der Waals surface area (Å²) in [4.78, 5) is 23.5. The number of carbonyl (C=O) groups excluding carboxylic acids is 2. The molecule has 0 unspecified atom stereocenters. The van der Waals surface area contributed by atoms with Gasteiger partial charge in [0.1, 0.15) is 6.29 Å². The number of amides is 1. The highest BCUT2D eigenvalue weighted by Crippen LogP contribution is 2.47. The molecule has 0 N–H and O–H groups in total. The number of hydrogen-bond donors (Lipinski definition) is 0. The van der Waals surface area contributed by atoms with Crippen LogP contribution in [0.2, 0.25) is 18.1 Å². The minimum Gasteiger partial charge on any atom is -0.330 e. The minimum atomic E-state index is -1.60. The number of nitrogens with zero attached hydrogens (tertiary/aromatic N) is 1. The lowest BCUT2D eigenvalue weighted by molar-refractivity contribution is -0.138. The molecule has 1 amide bonds. The van der Waals surface area contributed by atoms with E-state index in [1.54, 1.807) is 4.90 Å². The molecule has 0 saturated carbocycles. The number of hydrogen-bond acceptors (Lipinski definition) is 2. The first kappa shape index (κ1) is 12.4. The SMILES string of the molecule is CC(C)(C)[Si](C)(C)[C]1CC(=O)N1CC=O. The molecule has 0 aromatic heterocycles. The van der Waals surface area contributed by atoms with Crippen molar-refractivity contribution < 1.29 is 9.59 Å². The molecular formula is C11H20NO2Si. The Morgan fingerprint density at radius 1 is 1.40 bits per heavy atom. The van der Waals surface area contributed by atoms with E-state index < -0.39 is 8.07 Å². The van der Waals surface area contributed by atoms with Crippen molar-refractivity contribution in [3.05, 3.63) is 5.67 Å². The first-order valence-corrected chi connectivity index (χ1v) is 8.32. The third-order valence-corrected chi connectivity index (χ3v) is 9.44. The summed E-state index contributed by atoms with van der Waals surface area (Å²) in [5.74, 6) is 0.0990. The van der Waals surface area contributed by atoms with Gasteiger partial charge in [-0.2, -0.15) is 0 Å². The molecule has 0 aromatic carbocycles. The number of carbonyl (C=O) groups is 2. The van der Waals surface area contributed by atoms with Crippen molar-refractivity contribution in [1.82, 2.24) is 4.90 Å². The van der Waals surface area contributed by atoms with E-state index in [9.17, 15) is 9.59 Å². The maximum atomic E-state index is 11.4. The molecule has 1 rings (SSSR count). The van der Waals surface area contributed by atoms with Gasteiger partial charge in [-0.25, -0.2) is 0 Å². The highest BCUT2D eigenvalue weighted by atomic mass is 28.3. The Hall–Kier alpha value is -0.643. The highest BCUT2D eigenvalue weighted by molar-refractivity contribution is 6.86.